The van der Waals surface area contributed by atoms with Crippen molar-refractivity contribution in [1.82, 2.24) is 0 Å². The van der Waals surface area contributed by atoms with Crippen LogP contribution in [0.3, 0.4) is 0 Å². The minimum atomic E-state index is -5.13. The van der Waals surface area contributed by atoms with Crippen LogP contribution in [-0.2, 0) is 32.7 Å². The zero-order valence-corrected chi connectivity index (χ0v) is 34.7. The third-order valence-electron chi connectivity index (χ3n) is 8.89. The predicted octanol–water partition coefficient (Wildman–Crippen LogP) is 6.94. The summed E-state index contributed by atoms with van der Waals surface area (Å²) in [6, 6.07) is 0. The number of carbonyl (C=O) groups excluding carboxylic acids is 2. The maximum absolute atomic E-state index is 12.8. The number of aliphatic hydroxyl groups is 5. The molecule has 324 valence electrons. The lowest BCUT2D eigenvalue weighted by molar-refractivity contribution is -0.220. The minimum absolute atomic E-state index is 0.0625. The van der Waals surface area contributed by atoms with Crippen LogP contribution in [0, 0.1) is 0 Å². The second kappa shape index (κ2) is 32.9. The lowest BCUT2D eigenvalue weighted by Gasteiger charge is -2.41. The van der Waals surface area contributed by atoms with Crippen molar-refractivity contribution in [2.75, 3.05) is 13.2 Å². The zero-order valence-electron chi connectivity index (χ0n) is 33.8. The average Bonchev–Trinajstić information content (AvgIpc) is 3.19. The van der Waals surface area contributed by atoms with Gasteiger partial charge in [-0.2, -0.15) is 0 Å². The molecule has 6 N–H and O–H groups in total. The fraction of sp³-hybridized carbons (Fsp3) is 0.628. The molecule has 1 rings (SSSR count). The Morgan fingerprint density at radius 2 is 0.947 bits per heavy atom. The summed E-state index contributed by atoms with van der Waals surface area (Å²) < 4.78 is 33.4. The Morgan fingerprint density at radius 3 is 1.44 bits per heavy atom. The highest BCUT2D eigenvalue weighted by Gasteiger charge is 2.51. The first-order valence-corrected chi connectivity index (χ1v) is 22.0. The van der Waals surface area contributed by atoms with E-state index in [1.165, 1.54) is 0 Å². The average molecular weight is 825 g/mol. The number of allylic oxidation sites excluding steroid dienone is 14. The molecule has 0 heterocycles. The molecule has 8 atom stereocenters. The molecule has 1 saturated carbocycles. The van der Waals surface area contributed by atoms with Gasteiger partial charge in [-0.25, -0.2) is 4.57 Å². The van der Waals surface area contributed by atoms with E-state index in [1.54, 1.807) is 0 Å². The molecule has 0 spiro atoms. The lowest BCUT2D eigenvalue weighted by atomic mass is 9.85. The van der Waals surface area contributed by atoms with E-state index in [9.17, 15) is 44.6 Å². The van der Waals surface area contributed by atoms with Gasteiger partial charge in [-0.15, -0.1) is 0 Å². The quantitative estimate of drug-likeness (QED) is 0.0182. The van der Waals surface area contributed by atoms with Gasteiger partial charge in [0.25, 0.3) is 0 Å². The molecule has 13 nitrogen and oxygen atoms in total. The normalized spacial score (nSPS) is 23.6. The summed E-state index contributed by atoms with van der Waals surface area (Å²) in [4.78, 5) is 35.5. The number of aliphatic hydroxyl groups excluding tert-OH is 5. The van der Waals surface area contributed by atoms with Crippen molar-refractivity contribution in [2.45, 2.75) is 159 Å². The van der Waals surface area contributed by atoms with Gasteiger partial charge in [0.05, 0.1) is 6.61 Å². The zero-order chi connectivity index (χ0) is 42.2. The maximum atomic E-state index is 12.8. The van der Waals surface area contributed by atoms with E-state index in [0.29, 0.717) is 12.8 Å². The Bertz CT molecular complexity index is 1320. The van der Waals surface area contributed by atoms with Gasteiger partial charge in [-0.05, 0) is 51.4 Å². The number of unbranched alkanes of at least 4 members (excludes halogenated alkanes) is 10. The Labute approximate surface area is 339 Å². The van der Waals surface area contributed by atoms with Gasteiger partial charge < -0.3 is 39.9 Å². The molecular formula is C43H69O13P. The fourth-order valence-corrected chi connectivity index (χ4v) is 6.56. The maximum Gasteiger partial charge on any atom is 0.472 e. The van der Waals surface area contributed by atoms with Crippen LogP contribution in [0.4, 0.5) is 0 Å². The summed E-state index contributed by atoms with van der Waals surface area (Å²) in [5.74, 6) is -1.16. The van der Waals surface area contributed by atoms with E-state index in [4.69, 9.17) is 18.5 Å². The van der Waals surface area contributed by atoms with E-state index < -0.39 is 75.7 Å². The second-order valence-electron chi connectivity index (χ2n) is 13.9. The van der Waals surface area contributed by atoms with Crippen LogP contribution >= 0.6 is 7.82 Å². The largest absolute Gasteiger partial charge is 0.472 e. The number of phosphoric acid groups is 1. The first-order valence-electron chi connectivity index (χ1n) is 20.5. The predicted molar refractivity (Wildman–Crippen MR) is 221 cm³/mol. The molecule has 0 aromatic rings. The Morgan fingerprint density at radius 1 is 0.544 bits per heavy atom. The fourth-order valence-electron chi connectivity index (χ4n) is 5.59. The summed E-state index contributed by atoms with van der Waals surface area (Å²) in [5.41, 5.74) is 0. The molecule has 0 aromatic carbocycles. The van der Waals surface area contributed by atoms with Crippen molar-refractivity contribution < 1.29 is 63.1 Å². The van der Waals surface area contributed by atoms with Crippen molar-refractivity contribution in [3.63, 3.8) is 0 Å². The highest BCUT2D eigenvalue weighted by molar-refractivity contribution is 7.47. The Hall–Kier alpha value is -2.97. The molecule has 1 aliphatic rings. The van der Waals surface area contributed by atoms with Gasteiger partial charge in [0.2, 0.25) is 0 Å². The molecule has 0 bridgehead atoms. The molecule has 0 aliphatic heterocycles. The van der Waals surface area contributed by atoms with Crippen molar-refractivity contribution in [2.24, 2.45) is 0 Å². The first-order chi connectivity index (χ1) is 27.4. The second-order valence-corrected chi connectivity index (χ2v) is 15.3. The third kappa shape index (κ3) is 25.9. The van der Waals surface area contributed by atoms with E-state index in [-0.39, 0.29) is 12.8 Å². The Kier molecular flexibility index (Phi) is 30.1. The van der Waals surface area contributed by atoms with Crippen molar-refractivity contribution in [3.8, 4) is 0 Å². The Balaban J connectivity index is 2.55. The van der Waals surface area contributed by atoms with Crippen molar-refractivity contribution in [1.29, 1.82) is 0 Å². The van der Waals surface area contributed by atoms with E-state index in [1.807, 2.05) is 60.8 Å². The van der Waals surface area contributed by atoms with Crippen LogP contribution in [0.15, 0.2) is 85.1 Å². The summed E-state index contributed by atoms with van der Waals surface area (Å²) in [6.07, 6.45) is 27.9. The number of phosphoric ester groups is 1. The highest BCUT2D eigenvalue weighted by Crippen LogP contribution is 2.47. The number of hydrogen-bond donors (Lipinski definition) is 6. The SMILES string of the molecule is CC/C=C/C=C/C=C/C=C/CCCCCCCC(=O)OCC(COP(=O)(O)OC1C(O)C(O)C(O)[C@H](O)C1O)OC(=O)CCCCCCC/C=C/C=C/C=C/CC. The van der Waals surface area contributed by atoms with Crippen LogP contribution in [0.5, 0.6) is 0 Å². The van der Waals surface area contributed by atoms with Crippen molar-refractivity contribution in [3.05, 3.63) is 85.1 Å². The lowest BCUT2D eigenvalue weighted by Crippen LogP contribution is -2.64. The van der Waals surface area contributed by atoms with E-state index >= 15 is 0 Å². The standard InChI is InChI=1S/C43H69O13P/c1-3-5-7-9-11-13-15-17-18-20-21-23-25-27-29-31-36(44)53-33-35(34-54-57(51,52)56-43-41(49)39(47)38(46)40(48)42(43)50)55-37(45)32-30-28-26-24-22-19-16-14-12-10-8-6-4-2/h5-18,35,38-43,46-50H,3-4,19-34H2,1-2H3,(H,51,52)/b7-5+,8-6+,11-9+,12-10+,15-13+,16-14+,18-17+/t35?,38?,39-,40?,41?,42?,43?/m0/s1. The molecule has 1 aliphatic carbocycles. The van der Waals surface area contributed by atoms with Crippen LogP contribution in [0.25, 0.3) is 0 Å². The summed E-state index contributed by atoms with van der Waals surface area (Å²) in [7, 11) is -5.13. The molecule has 0 aromatic heterocycles. The van der Waals surface area contributed by atoms with Gasteiger partial charge in [0.15, 0.2) is 6.10 Å². The number of ether oxygens (including phenoxy) is 2. The number of esters is 2. The molecule has 0 saturated heterocycles. The van der Waals surface area contributed by atoms with E-state index in [2.05, 4.69) is 38.2 Å². The smallest absolute Gasteiger partial charge is 0.462 e. The number of hydrogen-bond acceptors (Lipinski definition) is 12. The summed E-state index contributed by atoms with van der Waals surface area (Å²) in [5, 5.41) is 50.0. The molecule has 7 unspecified atom stereocenters. The van der Waals surface area contributed by atoms with Crippen LogP contribution in [0.1, 0.15) is 117 Å². The third-order valence-corrected chi connectivity index (χ3v) is 9.87. The van der Waals surface area contributed by atoms with Crippen molar-refractivity contribution >= 4 is 19.8 Å². The van der Waals surface area contributed by atoms with Gasteiger partial charge >= 0.3 is 19.8 Å². The van der Waals surface area contributed by atoms with Crippen LogP contribution < -0.4 is 0 Å². The first kappa shape index (κ1) is 52.0. The molecule has 1 fully saturated rings. The molecule has 14 heteroatoms. The van der Waals surface area contributed by atoms with Crippen LogP contribution in [0.2, 0.25) is 0 Å². The number of carbonyl (C=O) groups is 2. The van der Waals surface area contributed by atoms with Gasteiger partial charge in [-0.3, -0.25) is 18.6 Å². The minimum Gasteiger partial charge on any atom is -0.462 e. The summed E-state index contributed by atoms with van der Waals surface area (Å²) in [6.45, 7) is 2.95. The van der Waals surface area contributed by atoms with Gasteiger partial charge in [0.1, 0.15) is 43.2 Å². The van der Waals surface area contributed by atoms with E-state index in [0.717, 1.165) is 77.0 Å². The summed E-state index contributed by atoms with van der Waals surface area (Å²) >= 11 is 0. The molecule has 57 heavy (non-hydrogen) atoms. The molecule has 0 amide bonds. The molecular weight excluding hydrogens is 755 g/mol. The van der Waals surface area contributed by atoms with Gasteiger partial charge in [0, 0.05) is 12.8 Å². The van der Waals surface area contributed by atoms with Gasteiger partial charge in [-0.1, -0.05) is 137 Å². The monoisotopic (exact) mass is 824 g/mol. The highest BCUT2D eigenvalue weighted by atomic mass is 31.2. The topological polar surface area (TPSA) is 210 Å². The number of rotatable bonds is 31. The molecule has 0 radical (unpaired) electrons. The van der Waals surface area contributed by atoms with Crippen LogP contribution in [-0.4, -0.2) is 98.3 Å².